The van der Waals surface area contributed by atoms with Crippen molar-refractivity contribution in [2.24, 2.45) is 5.92 Å². The molecule has 23 heavy (non-hydrogen) atoms. The molecule has 0 radical (unpaired) electrons. The van der Waals surface area contributed by atoms with Crippen LogP contribution in [0.3, 0.4) is 0 Å². The van der Waals surface area contributed by atoms with Crippen molar-refractivity contribution in [3.05, 3.63) is 17.0 Å². The van der Waals surface area contributed by atoms with E-state index < -0.39 is 0 Å². The number of carbonyl (C=O) groups is 2. The molecule has 3 aliphatic heterocycles. The summed E-state index contributed by atoms with van der Waals surface area (Å²) in [5.74, 6) is 1.52. The van der Waals surface area contributed by atoms with Gasteiger partial charge in [0.05, 0.1) is 5.69 Å². The molecule has 4 rings (SSSR count). The number of amides is 2. The third-order valence-electron chi connectivity index (χ3n) is 5.25. The lowest BCUT2D eigenvalue weighted by Gasteiger charge is -2.36. The molecule has 6 nitrogen and oxygen atoms in total. The molecule has 3 saturated heterocycles. The maximum atomic E-state index is 12.7. The molecule has 3 aliphatic rings. The first-order valence-electron chi connectivity index (χ1n) is 8.42. The number of piperidine rings is 1. The van der Waals surface area contributed by atoms with E-state index in [1.807, 2.05) is 23.6 Å². The summed E-state index contributed by atoms with van der Waals surface area (Å²) in [6.45, 7) is 7.68. The molecule has 126 valence electrons. The predicted octanol–water partition coefficient (Wildman–Crippen LogP) is 1.69. The first kappa shape index (κ1) is 16.0. The Kier molecular flexibility index (Phi) is 4.41. The number of aromatic nitrogens is 1. The first-order chi connectivity index (χ1) is 11.0. The molecule has 6 heteroatoms. The standard InChI is InChI=1S/C17H25N3O3/c1-11-16(12(2)23-18-11)6-7-17(22)20-9-14-4-5-15(20)10-19(8-14)13(3)21/h14-15H,4-10H2,1-3H3/t14-,15+/m0/s1. The van der Waals surface area contributed by atoms with Gasteiger partial charge < -0.3 is 14.3 Å². The van der Waals surface area contributed by atoms with E-state index >= 15 is 0 Å². The van der Waals surface area contributed by atoms with Gasteiger partial charge in [0.15, 0.2) is 0 Å². The Morgan fingerprint density at radius 2 is 2.00 bits per heavy atom. The van der Waals surface area contributed by atoms with Crippen LogP contribution >= 0.6 is 0 Å². The summed E-state index contributed by atoms with van der Waals surface area (Å²) in [6, 6.07) is 0.176. The molecule has 0 aliphatic carbocycles. The van der Waals surface area contributed by atoms with E-state index in [0.29, 0.717) is 25.3 Å². The summed E-state index contributed by atoms with van der Waals surface area (Å²) >= 11 is 0. The minimum atomic E-state index is 0.118. The minimum Gasteiger partial charge on any atom is -0.361 e. The summed E-state index contributed by atoms with van der Waals surface area (Å²) in [4.78, 5) is 28.3. The van der Waals surface area contributed by atoms with Crippen LogP contribution in [0.5, 0.6) is 0 Å². The third-order valence-corrected chi connectivity index (χ3v) is 5.25. The largest absolute Gasteiger partial charge is 0.361 e. The zero-order valence-electron chi connectivity index (χ0n) is 14.2. The van der Waals surface area contributed by atoms with Crippen molar-refractivity contribution in [1.29, 1.82) is 0 Å². The maximum Gasteiger partial charge on any atom is 0.223 e. The van der Waals surface area contributed by atoms with Crippen LogP contribution in [0, 0.1) is 19.8 Å². The second-order valence-electron chi connectivity index (χ2n) is 6.87. The average Bonchev–Trinajstić information content (AvgIpc) is 2.73. The van der Waals surface area contributed by atoms with Crippen LogP contribution in [0.15, 0.2) is 4.52 Å². The van der Waals surface area contributed by atoms with Crippen molar-refractivity contribution in [2.45, 2.75) is 52.5 Å². The van der Waals surface area contributed by atoms with Crippen molar-refractivity contribution >= 4 is 11.8 Å². The zero-order chi connectivity index (χ0) is 16.6. The fourth-order valence-electron chi connectivity index (χ4n) is 3.88. The highest BCUT2D eigenvalue weighted by Crippen LogP contribution is 2.29. The van der Waals surface area contributed by atoms with Gasteiger partial charge in [-0.1, -0.05) is 5.16 Å². The number of nitrogens with zero attached hydrogens (tertiary/aromatic N) is 3. The van der Waals surface area contributed by atoms with Gasteiger partial charge in [0.25, 0.3) is 0 Å². The molecule has 0 N–H and O–H groups in total. The molecule has 1 aromatic heterocycles. The molecule has 2 amide bonds. The van der Waals surface area contributed by atoms with Gasteiger partial charge in [-0.15, -0.1) is 0 Å². The molecular formula is C17H25N3O3. The Labute approximate surface area is 136 Å². The number of rotatable bonds is 3. The van der Waals surface area contributed by atoms with Crippen molar-refractivity contribution < 1.29 is 14.1 Å². The summed E-state index contributed by atoms with van der Waals surface area (Å²) in [7, 11) is 0. The summed E-state index contributed by atoms with van der Waals surface area (Å²) in [6.07, 6.45) is 3.27. The Morgan fingerprint density at radius 1 is 1.22 bits per heavy atom. The zero-order valence-corrected chi connectivity index (χ0v) is 14.2. The number of aryl methyl sites for hydroxylation is 2. The van der Waals surface area contributed by atoms with Gasteiger partial charge >= 0.3 is 0 Å². The molecule has 2 atom stereocenters. The highest BCUT2D eigenvalue weighted by atomic mass is 16.5. The normalized spacial score (nSPS) is 24.0. The molecule has 1 aromatic rings. The maximum absolute atomic E-state index is 12.7. The molecule has 0 unspecified atom stereocenters. The van der Waals surface area contributed by atoms with Crippen LogP contribution in [0.2, 0.25) is 0 Å². The number of hydrogen-bond acceptors (Lipinski definition) is 4. The smallest absolute Gasteiger partial charge is 0.223 e. The Bertz CT molecular complexity index is 591. The van der Waals surface area contributed by atoms with Crippen LogP contribution in [0.1, 0.15) is 43.2 Å². The topological polar surface area (TPSA) is 66.7 Å². The van der Waals surface area contributed by atoms with E-state index in [0.717, 1.165) is 42.9 Å². The van der Waals surface area contributed by atoms with E-state index in [-0.39, 0.29) is 17.9 Å². The van der Waals surface area contributed by atoms with Gasteiger partial charge in [0, 0.05) is 44.6 Å². The number of hydrogen-bond donors (Lipinski definition) is 0. The molecular weight excluding hydrogens is 294 g/mol. The van der Waals surface area contributed by atoms with Crippen LogP contribution in [0.4, 0.5) is 0 Å². The van der Waals surface area contributed by atoms with Crippen LogP contribution in [0.25, 0.3) is 0 Å². The monoisotopic (exact) mass is 319 g/mol. The van der Waals surface area contributed by atoms with Crippen molar-refractivity contribution in [2.75, 3.05) is 19.6 Å². The Balaban J connectivity index is 1.65. The SMILES string of the molecule is CC(=O)N1C[C@@H]2CC[C@H](C1)N(C(=O)CCc1c(C)noc1C)C2. The number of fused-ring (bicyclic) bond motifs is 4. The first-order valence-corrected chi connectivity index (χ1v) is 8.42. The summed E-state index contributed by atoms with van der Waals surface area (Å²) in [5.41, 5.74) is 1.92. The van der Waals surface area contributed by atoms with Gasteiger partial charge in [-0.3, -0.25) is 9.59 Å². The van der Waals surface area contributed by atoms with Crippen molar-refractivity contribution in [3.63, 3.8) is 0 Å². The van der Waals surface area contributed by atoms with Gasteiger partial charge in [0.1, 0.15) is 5.76 Å². The van der Waals surface area contributed by atoms with Gasteiger partial charge in [-0.05, 0) is 39.0 Å². The van der Waals surface area contributed by atoms with Crippen LogP contribution in [-0.4, -0.2) is 52.4 Å². The van der Waals surface area contributed by atoms with Crippen molar-refractivity contribution in [3.8, 4) is 0 Å². The average molecular weight is 319 g/mol. The second kappa shape index (κ2) is 6.34. The lowest BCUT2D eigenvalue weighted by Crippen LogP contribution is -2.47. The molecule has 3 fully saturated rings. The van der Waals surface area contributed by atoms with Crippen molar-refractivity contribution in [1.82, 2.24) is 15.0 Å². The van der Waals surface area contributed by atoms with E-state index in [1.54, 1.807) is 6.92 Å². The highest BCUT2D eigenvalue weighted by molar-refractivity contribution is 5.78. The Hall–Kier alpha value is -1.85. The highest BCUT2D eigenvalue weighted by Gasteiger charge is 2.37. The molecule has 0 saturated carbocycles. The lowest BCUT2D eigenvalue weighted by molar-refractivity contribution is -0.136. The summed E-state index contributed by atoms with van der Waals surface area (Å²) in [5, 5.41) is 3.95. The van der Waals surface area contributed by atoms with E-state index in [4.69, 9.17) is 4.52 Å². The predicted molar refractivity (Wildman–Crippen MR) is 84.8 cm³/mol. The van der Waals surface area contributed by atoms with Gasteiger partial charge in [-0.25, -0.2) is 0 Å². The minimum absolute atomic E-state index is 0.118. The van der Waals surface area contributed by atoms with Gasteiger partial charge in [0.2, 0.25) is 11.8 Å². The molecule has 2 bridgehead atoms. The molecule has 4 heterocycles. The second-order valence-corrected chi connectivity index (χ2v) is 6.87. The Morgan fingerprint density at radius 3 is 2.65 bits per heavy atom. The summed E-state index contributed by atoms with van der Waals surface area (Å²) < 4.78 is 5.16. The molecule has 0 spiro atoms. The lowest BCUT2D eigenvalue weighted by atomic mass is 9.94. The van der Waals surface area contributed by atoms with E-state index in [2.05, 4.69) is 5.16 Å². The molecule has 0 aromatic carbocycles. The fourth-order valence-corrected chi connectivity index (χ4v) is 3.88. The van der Waals surface area contributed by atoms with E-state index in [1.165, 1.54) is 0 Å². The van der Waals surface area contributed by atoms with E-state index in [9.17, 15) is 9.59 Å². The quantitative estimate of drug-likeness (QED) is 0.850. The van der Waals surface area contributed by atoms with Gasteiger partial charge in [-0.2, -0.15) is 0 Å². The fraction of sp³-hybridized carbons (Fsp3) is 0.706. The van der Waals surface area contributed by atoms with Crippen LogP contribution < -0.4 is 0 Å². The third kappa shape index (κ3) is 3.26. The van der Waals surface area contributed by atoms with Crippen LogP contribution in [-0.2, 0) is 16.0 Å². The number of carbonyl (C=O) groups excluding carboxylic acids is 2.